The number of benzene rings is 1. The molecule has 0 radical (unpaired) electrons. The van der Waals surface area contributed by atoms with Crippen LogP contribution in [0.2, 0.25) is 0 Å². The molecule has 2 aromatic heterocycles. The molecule has 8 heteroatoms. The van der Waals surface area contributed by atoms with E-state index in [2.05, 4.69) is 31.7 Å². The summed E-state index contributed by atoms with van der Waals surface area (Å²) in [6.45, 7) is 1.98. The second-order valence-corrected chi connectivity index (χ2v) is 8.86. The first-order chi connectivity index (χ1) is 17.0. The number of aliphatic carboxylic acids is 1. The van der Waals surface area contributed by atoms with Crippen LogP contribution in [0.5, 0.6) is 5.75 Å². The lowest BCUT2D eigenvalue weighted by Crippen LogP contribution is -2.41. The van der Waals surface area contributed by atoms with Crippen molar-refractivity contribution in [1.82, 2.24) is 19.9 Å². The highest BCUT2D eigenvalue weighted by Gasteiger charge is 2.31. The average Bonchev–Trinajstić information content (AvgIpc) is 2.87. The van der Waals surface area contributed by atoms with Gasteiger partial charge in [-0.3, -0.25) is 19.7 Å². The van der Waals surface area contributed by atoms with Crippen molar-refractivity contribution in [2.75, 3.05) is 26.7 Å². The highest BCUT2D eigenvalue weighted by molar-refractivity contribution is 5.83. The summed E-state index contributed by atoms with van der Waals surface area (Å²) in [6.07, 6.45) is 7.15. The summed E-state index contributed by atoms with van der Waals surface area (Å²) in [7, 11) is 1.58. The van der Waals surface area contributed by atoms with E-state index in [1.165, 1.54) is 0 Å². The first-order valence-electron chi connectivity index (χ1n) is 11.8. The first kappa shape index (κ1) is 24.6. The summed E-state index contributed by atoms with van der Waals surface area (Å²) < 4.78 is 20.7. The molecule has 182 valence electrons. The average molecular weight is 477 g/mol. The lowest BCUT2D eigenvalue weighted by Gasteiger charge is -2.37. The Kier molecular flexibility index (Phi) is 8.22. The van der Waals surface area contributed by atoms with Gasteiger partial charge < -0.3 is 9.84 Å². The summed E-state index contributed by atoms with van der Waals surface area (Å²) in [5, 5.41) is 10.2. The lowest BCUT2D eigenvalue weighted by atomic mass is 9.79. The Balaban J connectivity index is 1.39. The fraction of sp³-hybridized carbons (Fsp3) is 0.407. The summed E-state index contributed by atoms with van der Waals surface area (Å²) in [4.78, 5) is 26.2. The molecule has 0 spiro atoms. The fourth-order valence-corrected chi connectivity index (χ4v) is 4.80. The lowest BCUT2D eigenvalue weighted by molar-refractivity contribution is -0.139. The number of piperidine rings is 1. The molecule has 1 N–H and O–H groups in total. The normalized spacial score (nSPS) is 19.0. The molecule has 3 aromatic rings. The molecule has 3 heterocycles. The molecule has 0 bridgehead atoms. The molecule has 1 saturated heterocycles. The molecular weight excluding hydrogens is 447 g/mol. The van der Waals surface area contributed by atoms with Crippen LogP contribution in [0.25, 0.3) is 10.9 Å². The number of methoxy groups -OCH3 is 1. The number of nitrogens with zero attached hydrogens (tertiary/aromatic N) is 4. The largest absolute Gasteiger partial charge is 0.497 e. The smallest absolute Gasteiger partial charge is 0.303 e. The molecule has 1 fully saturated rings. The van der Waals surface area contributed by atoms with Gasteiger partial charge in [-0.05, 0) is 73.4 Å². The zero-order chi connectivity index (χ0) is 24.6. The van der Waals surface area contributed by atoms with Gasteiger partial charge in [-0.2, -0.15) is 0 Å². The molecule has 0 amide bonds. The maximum absolute atomic E-state index is 15.4. The van der Waals surface area contributed by atoms with Gasteiger partial charge in [-0.15, -0.1) is 0 Å². The third kappa shape index (κ3) is 6.52. The molecule has 7 nitrogen and oxygen atoms in total. The number of hydrogen-bond acceptors (Lipinski definition) is 6. The van der Waals surface area contributed by atoms with Gasteiger partial charge >= 0.3 is 5.97 Å². The molecule has 1 aromatic carbocycles. The van der Waals surface area contributed by atoms with E-state index in [0.717, 1.165) is 23.9 Å². The first-order valence-corrected chi connectivity index (χ1v) is 11.8. The number of carboxylic acids is 1. The minimum absolute atomic E-state index is 0.0407. The zero-order valence-corrected chi connectivity index (χ0v) is 19.7. The number of carboxylic acid groups (broad SMARTS) is 1. The van der Waals surface area contributed by atoms with Gasteiger partial charge in [-0.25, -0.2) is 9.37 Å². The zero-order valence-electron chi connectivity index (χ0n) is 19.7. The maximum atomic E-state index is 15.4. The van der Waals surface area contributed by atoms with Gasteiger partial charge in [0.25, 0.3) is 0 Å². The summed E-state index contributed by atoms with van der Waals surface area (Å²) in [6, 6.07) is 7.18. The topological polar surface area (TPSA) is 88.4 Å². The SMILES string of the molecule is COc1ccc2nccc([C@@H](F)CC[C@@H]3CCN(CC#Cc4cnccn4)C[C@@H]3CC(=O)O)c2c1. The van der Waals surface area contributed by atoms with Crippen molar-refractivity contribution in [1.29, 1.82) is 0 Å². The van der Waals surface area contributed by atoms with Gasteiger partial charge in [0.1, 0.15) is 17.6 Å². The number of carbonyl (C=O) groups is 1. The summed E-state index contributed by atoms with van der Waals surface area (Å²) in [5.41, 5.74) is 1.94. The van der Waals surface area contributed by atoms with Crippen molar-refractivity contribution in [3.8, 4) is 17.6 Å². The number of aromatic nitrogens is 3. The molecule has 0 saturated carbocycles. The minimum atomic E-state index is -1.16. The number of fused-ring (bicyclic) bond motifs is 1. The van der Waals surface area contributed by atoms with Crippen molar-refractivity contribution >= 4 is 16.9 Å². The van der Waals surface area contributed by atoms with Crippen molar-refractivity contribution < 1.29 is 19.0 Å². The van der Waals surface area contributed by atoms with Crippen molar-refractivity contribution in [3.63, 3.8) is 0 Å². The van der Waals surface area contributed by atoms with E-state index in [0.29, 0.717) is 42.9 Å². The Labute approximate surface area is 204 Å². The Hall–Kier alpha value is -3.57. The maximum Gasteiger partial charge on any atom is 0.303 e. The van der Waals surface area contributed by atoms with Gasteiger partial charge in [0.15, 0.2) is 0 Å². The van der Waals surface area contributed by atoms with Crippen LogP contribution < -0.4 is 4.74 Å². The summed E-state index contributed by atoms with van der Waals surface area (Å²) >= 11 is 0. The summed E-state index contributed by atoms with van der Waals surface area (Å²) in [5.74, 6) is 6.05. The number of ether oxygens (including phenoxy) is 1. The van der Waals surface area contributed by atoms with Crippen LogP contribution >= 0.6 is 0 Å². The Morgan fingerprint density at radius 1 is 1.26 bits per heavy atom. The van der Waals surface area contributed by atoms with E-state index >= 15 is 4.39 Å². The van der Waals surface area contributed by atoms with Crippen LogP contribution in [-0.2, 0) is 4.79 Å². The van der Waals surface area contributed by atoms with E-state index in [1.807, 2.05) is 18.2 Å². The van der Waals surface area contributed by atoms with Crippen LogP contribution in [0, 0.1) is 23.7 Å². The van der Waals surface area contributed by atoms with Crippen molar-refractivity contribution in [2.24, 2.45) is 11.8 Å². The molecule has 0 unspecified atom stereocenters. The molecule has 1 aliphatic heterocycles. The molecular formula is C27H29FN4O3. The minimum Gasteiger partial charge on any atom is -0.497 e. The monoisotopic (exact) mass is 476 g/mol. The van der Waals surface area contributed by atoms with Crippen LogP contribution in [-0.4, -0.2) is 57.7 Å². The van der Waals surface area contributed by atoms with Gasteiger partial charge in [0.2, 0.25) is 0 Å². The Morgan fingerprint density at radius 3 is 2.91 bits per heavy atom. The van der Waals surface area contributed by atoms with Crippen molar-refractivity contribution in [2.45, 2.75) is 31.9 Å². The third-order valence-electron chi connectivity index (χ3n) is 6.61. The fourth-order valence-electron chi connectivity index (χ4n) is 4.80. The van der Waals surface area contributed by atoms with Crippen LogP contribution in [0.3, 0.4) is 0 Å². The van der Waals surface area contributed by atoms with Crippen LogP contribution in [0.15, 0.2) is 49.1 Å². The van der Waals surface area contributed by atoms with E-state index in [-0.39, 0.29) is 18.3 Å². The predicted octanol–water partition coefficient (Wildman–Crippen LogP) is 4.29. The highest BCUT2D eigenvalue weighted by atomic mass is 19.1. The van der Waals surface area contributed by atoms with E-state index in [9.17, 15) is 9.90 Å². The van der Waals surface area contributed by atoms with Crippen molar-refractivity contribution in [3.05, 3.63) is 60.3 Å². The highest BCUT2D eigenvalue weighted by Crippen LogP contribution is 2.36. The van der Waals surface area contributed by atoms with Gasteiger partial charge in [0, 0.05) is 36.9 Å². The quantitative estimate of drug-likeness (QED) is 0.485. The second kappa shape index (κ2) is 11.7. The number of pyridine rings is 1. The van der Waals surface area contributed by atoms with E-state index in [4.69, 9.17) is 4.74 Å². The van der Waals surface area contributed by atoms with E-state index < -0.39 is 12.1 Å². The number of rotatable bonds is 8. The van der Waals surface area contributed by atoms with Gasteiger partial charge in [0.05, 0.1) is 25.4 Å². The molecule has 35 heavy (non-hydrogen) atoms. The van der Waals surface area contributed by atoms with Crippen LogP contribution in [0.1, 0.15) is 43.1 Å². The predicted molar refractivity (Wildman–Crippen MR) is 131 cm³/mol. The Morgan fingerprint density at radius 2 is 2.14 bits per heavy atom. The third-order valence-corrected chi connectivity index (χ3v) is 6.61. The molecule has 1 aliphatic rings. The number of alkyl halides is 1. The van der Waals surface area contributed by atoms with E-state index in [1.54, 1.807) is 38.0 Å². The molecule has 0 aliphatic carbocycles. The second-order valence-electron chi connectivity index (χ2n) is 8.86. The number of hydrogen-bond donors (Lipinski definition) is 1. The number of likely N-dealkylation sites (tertiary alicyclic amines) is 1. The van der Waals surface area contributed by atoms with Crippen LogP contribution in [0.4, 0.5) is 4.39 Å². The standard InChI is InChI=1S/C27H29FN4O3/c1-35-22-5-7-26-24(16-22)23(8-10-31-26)25(28)6-4-19-9-14-32(18-20(19)15-27(33)34)13-2-3-21-17-29-11-12-30-21/h5,7-8,10-12,16-17,19-20,25H,4,6,9,13-15,18H2,1H3,(H,33,34)/t19-,20+,25+/m1/s1. The molecule has 4 rings (SSSR count). The number of halogens is 1. The molecule has 3 atom stereocenters. The Bertz CT molecular complexity index is 1210. The van der Waals surface area contributed by atoms with Gasteiger partial charge in [-0.1, -0.05) is 5.92 Å².